The van der Waals surface area contributed by atoms with Crippen molar-refractivity contribution in [3.8, 4) is 11.1 Å². The van der Waals surface area contributed by atoms with Crippen molar-refractivity contribution < 1.29 is 14.3 Å². The zero-order valence-corrected chi connectivity index (χ0v) is 12.8. The molecule has 0 radical (unpaired) electrons. The maximum absolute atomic E-state index is 12.5. The Morgan fingerprint density at radius 3 is 2.41 bits per heavy atom. The first kappa shape index (κ1) is 14.5. The second-order valence-electron chi connectivity index (χ2n) is 4.90. The fraction of sp³-hybridized carbons (Fsp3) is 0.118. The number of carbonyl (C=O) groups excluding carboxylic acids is 2. The van der Waals surface area contributed by atoms with Crippen molar-refractivity contribution in [1.82, 2.24) is 4.98 Å². The van der Waals surface area contributed by atoms with E-state index < -0.39 is 11.6 Å². The van der Waals surface area contributed by atoms with E-state index in [2.05, 4.69) is 4.98 Å². The Balaban J connectivity index is 2.38. The number of hydrogen-bond donors (Lipinski definition) is 0. The van der Waals surface area contributed by atoms with Crippen molar-refractivity contribution in [2.75, 3.05) is 7.11 Å². The molecule has 0 amide bonds. The fourth-order valence-electron chi connectivity index (χ4n) is 2.57. The third kappa shape index (κ3) is 2.12. The van der Waals surface area contributed by atoms with E-state index in [4.69, 9.17) is 16.3 Å². The van der Waals surface area contributed by atoms with Crippen LogP contribution in [0.3, 0.4) is 0 Å². The molecule has 0 fully saturated rings. The number of rotatable bonds is 2. The van der Waals surface area contributed by atoms with Crippen molar-refractivity contribution in [3.05, 3.63) is 58.4 Å². The molecule has 1 aromatic heterocycles. The topological polar surface area (TPSA) is 56.3 Å². The summed E-state index contributed by atoms with van der Waals surface area (Å²) >= 11 is 6.10. The van der Waals surface area contributed by atoms with Gasteiger partial charge in [-0.15, -0.1) is 0 Å². The molecule has 2 aromatic rings. The first-order valence-corrected chi connectivity index (χ1v) is 7.02. The predicted octanol–water partition coefficient (Wildman–Crippen LogP) is 3.54. The van der Waals surface area contributed by atoms with E-state index in [0.717, 1.165) is 5.56 Å². The van der Waals surface area contributed by atoms with Crippen LogP contribution in [0.5, 0.6) is 0 Å². The molecule has 0 unspecified atom stereocenters. The van der Waals surface area contributed by atoms with Gasteiger partial charge in [0.05, 0.1) is 12.7 Å². The summed E-state index contributed by atoms with van der Waals surface area (Å²) in [7, 11) is 1.44. The van der Waals surface area contributed by atoms with E-state index in [0.29, 0.717) is 17.0 Å². The Bertz CT molecular complexity index is 825. The van der Waals surface area contributed by atoms with Crippen LogP contribution in [0.2, 0.25) is 5.15 Å². The second kappa shape index (κ2) is 5.39. The molecule has 0 N–H and O–H groups in total. The van der Waals surface area contributed by atoms with Gasteiger partial charge in [-0.25, -0.2) is 4.98 Å². The zero-order chi connectivity index (χ0) is 15.9. The largest absolute Gasteiger partial charge is 0.494 e. The summed E-state index contributed by atoms with van der Waals surface area (Å²) in [6.45, 7) is 1.55. The van der Waals surface area contributed by atoms with Crippen molar-refractivity contribution in [2.24, 2.45) is 0 Å². The molecule has 1 aliphatic rings. The molecule has 1 aliphatic carbocycles. The number of Topliss-reactive ketones (excluding diaryl/α,β-unsaturated/α-hetero) is 2. The molecular formula is C17H12ClNO3. The van der Waals surface area contributed by atoms with Crippen LogP contribution in [0, 0.1) is 0 Å². The Morgan fingerprint density at radius 1 is 1.09 bits per heavy atom. The minimum atomic E-state index is -0.587. The fourth-order valence-corrected chi connectivity index (χ4v) is 2.76. The van der Waals surface area contributed by atoms with Crippen LogP contribution >= 0.6 is 11.6 Å². The number of fused-ring (bicyclic) bond motifs is 1. The third-order valence-electron chi connectivity index (χ3n) is 3.61. The molecule has 110 valence electrons. The number of benzene rings is 1. The van der Waals surface area contributed by atoms with E-state index in [1.54, 1.807) is 13.0 Å². The standard InChI is InChI=1S/C17H12ClNO3/c1-9-15(20)16(21)13-11(10-6-4-3-5-7-10)8-12(18)19-14(13)17(9)22-2/h3-8H,1-2H3. The molecule has 0 aliphatic heterocycles. The van der Waals surface area contributed by atoms with Gasteiger partial charge in [0.1, 0.15) is 10.8 Å². The molecule has 1 heterocycles. The van der Waals surface area contributed by atoms with Crippen LogP contribution in [0.4, 0.5) is 0 Å². The van der Waals surface area contributed by atoms with E-state index in [1.165, 1.54) is 7.11 Å². The van der Waals surface area contributed by atoms with Crippen molar-refractivity contribution in [1.29, 1.82) is 0 Å². The van der Waals surface area contributed by atoms with Gasteiger partial charge in [0.15, 0.2) is 5.76 Å². The van der Waals surface area contributed by atoms with E-state index in [1.807, 2.05) is 30.3 Å². The summed E-state index contributed by atoms with van der Waals surface area (Å²) in [5.41, 5.74) is 2.17. The molecule has 5 heteroatoms. The Morgan fingerprint density at radius 2 is 1.77 bits per heavy atom. The van der Waals surface area contributed by atoms with Gasteiger partial charge in [-0.1, -0.05) is 41.9 Å². The van der Waals surface area contributed by atoms with Gasteiger partial charge in [-0.3, -0.25) is 9.59 Å². The maximum Gasteiger partial charge on any atom is 0.236 e. The second-order valence-corrected chi connectivity index (χ2v) is 5.29. The lowest BCUT2D eigenvalue weighted by Gasteiger charge is -2.20. The number of aromatic nitrogens is 1. The lowest BCUT2D eigenvalue weighted by molar-refractivity contribution is -0.111. The van der Waals surface area contributed by atoms with Gasteiger partial charge >= 0.3 is 0 Å². The van der Waals surface area contributed by atoms with Crippen LogP contribution in [-0.2, 0) is 9.53 Å². The first-order chi connectivity index (χ1) is 10.5. The lowest BCUT2D eigenvalue weighted by Crippen LogP contribution is -2.25. The summed E-state index contributed by atoms with van der Waals surface area (Å²) in [4.78, 5) is 28.8. The zero-order valence-electron chi connectivity index (χ0n) is 12.0. The monoisotopic (exact) mass is 313 g/mol. The van der Waals surface area contributed by atoms with Gasteiger partial charge in [0.2, 0.25) is 11.6 Å². The molecule has 0 atom stereocenters. The molecule has 4 nitrogen and oxygen atoms in total. The highest BCUT2D eigenvalue weighted by Crippen LogP contribution is 2.36. The van der Waals surface area contributed by atoms with Gasteiger partial charge in [0, 0.05) is 5.57 Å². The summed E-state index contributed by atoms with van der Waals surface area (Å²) in [6.07, 6.45) is 0. The van der Waals surface area contributed by atoms with Crippen LogP contribution in [0.25, 0.3) is 16.9 Å². The molecule has 0 saturated carbocycles. The smallest absolute Gasteiger partial charge is 0.236 e. The Hall–Kier alpha value is -2.46. The molecule has 1 aromatic carbocycles. The number of carbonyl (C=O) groups is 2. The van der Waals surface area contributed by atoms with Gasteiger partial charge in [0.25, 0.3) is 0 Å². The first-order valence-electron chi connectivity index (χ1n) is 6.64. The van der Waals surface area contributed by atoms with E-state index in [9.17, 15) is 9.59 Å². The molecular weight excluding hydrogens is 302 g/mol. The normalized spacial score (nSPS) is 14.1. The molecule has 0 saturated heterocycles. The highest BCUT2D eigenvalue weighted by atomic mass is 35.5. The number of halogens is 1. The van der Waals surface area contributed by atoms with Crippen molar-refractivity contribution in [3.63, 3.8) is 0 Å². The van der Waals surface area contributed by atoms with Crippen LogP contribution in [-0.4, -0.2) is 23.7 Å². The average molecular weight is 314 g/mol. The summed E-state index contributed by atoms with van der Waals surface area (Å²) in [6, 6.07) is 10.9. The highest BCUT2D eigenvalue weighted by molar-refractivity contribution is 6.53. The van der Waals surface area contributed by atoms with Gasteiger partial charge in [-0.05, 0) is 24.1 Å². The summed E-state index contributed by atoms with van der Waals surface area (Å²) < 4.78 is 5.28. The Kier molecular flexibility index (Phi) is 3.54. The molecule has 22 heavy (non-hydrogen) atoms. The number of pyridine rings is 1. The highest BCUT2D eigenvalue weighted by Gasteiger charge is 2.35. The third-order valence-corrected chi connectivity index (χ3v) is 3.80. The number of ketones is 2. The van der Waals surface area contributed by atoms with Crippen molar-refractivity contribution in [2.45, 2.75) is 6.92 Å². The number of ether oxygens (including phenoxy) is 1. The minimum absolute atomic E-state index is 0.238. The SMILES string of the molecule is COC1=C(C)C(=O)C(=O)c2c(-c3ccccc3)cc(Cl)nc21. The quantitative estimate of drug-likeness (QED) is 0.628. The maximum atomic E-state index is 12.5. The number of hydrogen-bond acceptors (Lipinski definition) is 4. The predicted molar refractivity (Wildman–Crippen MR) is 83.6 cm³/mol. The number of nitrogens with zero attached hydrogens (tertiary/aromatic N) is 1. The van der Waals surface area contributed by atoms with E-state index >= 15 is 0 Å². The average Bonchev–Trinajstić information content (AvgIpc) is 2.53. The van der Waals surface area contributed by atoms with E-state index in [-0.39, 0.29) is 16.3 Å². The molecule has 3 rings (SSSR count). The number of methoxy groups -OCH3 is 1. The lowest BCUT2D eigenvalue weighted by atomic mass is 9.87. The van der Waals surface area contributed by atoms with Gasteiger partial charge in [-0.2, -0.15) is 0 Å². The summed E-state index contributed by atoms with van der Waals surface area (Å²) in [5, 5.41) is 0.238. The minimum Gasteiger partial charge on any atom is -0.494 e. The van der Waals surface area contributed by atoms with Crippen molar-refractivity contribution >= 4 is 28.9 Å². The van der Waals surface area contributed by atoms with Crippen LogP contribution in [0.15, 0.2) is 42.0 Å². The van der Waals surface area contributed by atoms with Crippen LogP contribution < -0.4 is 0 Å². The summed E-state index contributed by atoms with van der Waals surface area (Å²) in [5.74, 6) is -0.874. The van der Waals surface area contributed by atoms with Gasteiger partial charge < -0.3 is 4.74 Å². The molecule has 0 spiro atoms. The van der Waals surface area contributed by atoms with Crippen LogP contribution in [0.1, 0.15) is 23.0 Å². The number of allylic oxidation sites excluding steroid dienone is 1. The molecule has 0 bridgehead atoms. The Labute approximate surface area is 132 Å².